The van der Waals surface area contributed by atoms with Gasteiger partial charge in [-0.3, -0.25) is 4.79 Å². The predicted molar refractivity (Wildman–Crippen MR) is 72.3 cm³/mol. The number of hydrogen-bond acceptors (Lipinski definition) is 3. The van der Waals surface area contributed by atoms with E-state index >= 15 is 0 Å². The molecule has 0 heterocycles. The topological polar surface area (TPSA) is 55.4 Å². The Morgan fingerprint density at radius 1 is 1.24 bits per heavy atom. The number of amides is 1. The molecule has 0 aromatic carbocycles. The molecule has 0 bridgehead atoms. The number of hydrogen-bond donors (Lipinski definition) is 1. The summed E-state index contributed by atoms with van der Waals surface area (Å²) in [6.45, 7) is 9.82. The molecular weight excluding hydrogens is 287 g/mol. The second kappa shape index (κ2) is 7.28. The van der Waals surface area contributed by atoms with Crippen LogP contribution in [0, 0.1) is 5.92 Å². The first-order valence-electron chi connectivity index (χ1n) is 6.28. The number of halogens is 3. The summed E-state index contributed by atoms with van der Waals surface area (Å²) >= 11 is 0. The molecule has 2 unspecified atom stereocenters. The van der Waals surface area contributed by atoms with E-state index in [1.807, 2.05) is 0 Å². The summed E-state index contributed by atoms with van der Waals surface area (Å²) < 4.78 is 42.1. The average molecular weight is 307 g/mol. The molecule has 0 saturated carbocycles. The Labute approximate surface area is 122 Å². The minimum atomic E-state index is -5.08. The molecule has 0 rings (SSSR count). The van der Waals surface area contributed by atoms with E-state index in [0.29, 0.717) is 0 Å². The van der Waals surface area contributed by atoms with Crippen LogP contribution in [0.5, 0.6) is 0 Å². The van der Waals surface area contributed by atoms with Gasteiger partial charge in [-0.2, -0.15) is 13.2 Å². The highest BCUT2D eigenvalue weighted by molar-refractivity contribution is 5.88. The number of esters is 1. The van der Waals surface area contributed by atoms with E-state index in [1.54, 1.807) is 39.1 Å². The van der Waals surface area contributed by atoms with Crippen LogP contribution in [0.15, 0.2) is 24.8 Å². The number of ether oxygens (including phenoxy) is 1. The summed E-state index contributed by atoms with van der Waals surface area (Å²) in [5.41, 5.74) is -0.889. The van der Waals surface area contributed by atoms with Crippen molar-refractivity contribution in [2.24, 2.45) is 5.92 Å². The average Bonchev–Trinajstić information content (AvgIpc) is 2.29. The van der Waals surface area contributed by atoms with Crippen molar-refractivity contribution in [1.29, 1.82) is 0 Å². The van der Waals surface area contributed by atoms with Crippen LogP contribution in [0.4, 0.5) is 13.2 Å². The molecule has 1 amide bonds. The summed E-state index contributed by atoms with van der Waals surface area (Å²) in [6, 6.07) is -1.49. The molecule has 0 spiro atoms. The maximum Gasteiger partial charge on any atom is 0.471 e. The zero-order chi connectivity index (χ0) is 16.8. The van der Waals surface area contributed by atoms with Crippen molar-refractivity contribution in [3.05, 3.63) is 24.8 Å². The molecule has 0 fully saturated rings. The highest BCUT2D eigenvalue weighted by Gasteiger charge is 2.42. The van der Waals surface area contributed by atoms with Crippen molar-refractivity contribution in [3.63, 3.8) is 0 Å². The maximum absolute atomic E-state index is 12.4. The van der Waals surface area contributed by atoms with E-state index in [2.05, 4.69) is 6.58 Å². The van der Waals surface area contributed by atoms with Crippen molar-refractivity contribution in [1.82, 2.24) is 5.32 Å². The normalized spacial score (nSPS) is 15.4. The molecule has 7 heteroatoms. The molecule has 0 aliphatic heterocycles. The van der Waals surface area contributed by atoms with Gasteiger partial charge in [-0.25, -0.2) is 4.79 Å². The summed E-state index contributed by atoms with van der Waals surface area (Å²) in [5.74, 6) is -3.96. The summed E-state index contributed by atoms with van der Waals surface area (Å²) in [4.78, 5) is 23.1. The molecule has 0 saturated heterocycles. The van der Waals surface area contributed by atoms with Gasteiger partial charge in [0.2, 0.25) is 0 Å². The van der Waals surface area contributed by atoms with Crippen LogP contribution >= 0.6 is 0 Å². The van der Waals surface area contributed by atoms with Crippen LogP contribution in [0.2, 0.25) is 0 Å². The first-order chi connectivity index (χ1) is 9.42. The number of alkyl halides is 3. The van der Waals surface area contributed by atoms with Crippen LogP contribution in [-0.2, 0) is 14.3 Å². The molecule has 0 aromatic heterocycles. The van der Waals surface area contributed by atoms with Crippen molar-refractivity contribution in [2.45, 2.75) is 45.5 Å². The first-order valence-corrected chi connectivity index (χ1v) is 6.28. The highest BCUT2D eigenvalue weighted by Crippen LogP contribution is 2.19. The largest absolute Gasteiger partial charge is 0.471 e. The third-order valence-electron chi connectivity index (χ3n) is 2.28. The summed E-state index contributed by atoms with van der Waals surface area (Å²) in [5, 5.41) is 1.65. The molecular formula is C14H20F3NO3. The Morgan fingerprint density at radius 2 is 1.76 bits per heavy atom. The maximum atomic E-state index is 12.4. The van der Waals surface area contributed by atoms with E-state index in [9.17, 15) is 22.8 Å². The zero-order valence-corrected chi connectivity index (χ0v) is 12.5. The van der Waals surface area contributed by atoms with E-state index in [4.69, 9.17) is 4.74 Å². The second-order valence-corrected chi connectivity index (χ2v) is 5.32. The fourth-order valence-corrected chi connectivity index (χ4v) is 1.45. The van der Waals surface area contributed by atoms with E-state index < -0.39 is 35.6 Å². The number of rotatable bonds is 5. The second-order valence-electron chi connectivity index (χ2n) is 5.32. The minimum absolute atomic E-state index is 0.809. The quantitative estimate of drug-likeness (QED) is 0.627. The zero-order valence-electron chi connectivity index (χ0n) is 12.5. The number of allylic oxidation sites excluding steroid dienone is 1. The molecule has 0 radical (unpaired) electrons. The van der Waals surface area contributed by atoms with Crippen LogP contribution in [0.25, 0.3) is 0 Å². The molecule has 4 nitrogen and oxygen atoms in total. The van der Waals surface area contributed by atoms with E-state index in [-0.39, 0.29) is 0 Å². The molecule has 0 aromatic rings. The SMILES string of the molecule is C=CC(/C=C/C)C(NC(=O)C(F)(F)F)C(=O)OC(C)(C)C. The van der Waals surface area contributed by atoms with Crippen molar-refractivity contribution < 1.29 is 27.5 Å². The fraction of sp³-hybridized carbons (Fsp3) is 0.571. The fourth-order valence-electron chi connectivity index (χ4n) is 1.45. The molecule has 0 aliphatic carbocycles. The van der Waals surface area contributed by atoms with Crippen LogP contribution < -0.4 is 5.32 Å². The van der Waals surface area contributed by atoms with Gasteiger partial charge in [-0.1, -0.05) is 18.2 Å². The third-order valence-corrected chi connectivity index (χ3v) is 2.28. The lowest BCUT2D eigenvalue weighted by molar-refractivity contribution is -0.177. The lowest BCUT2D eigenvalue weighted by Gasteiger charge is -2.27. The minimum Gasteiger partial charge on any atom is -0.458 e. The van der Waals surface area contributed by atoms with Crippen molar-refractivity contribution in [3.8, 4) is 0 Å². The van der Waals surface area contributed by atoms with Crippen molar-refractivity contribution in [2.75, 3.05) is 0 Å². The predicted octanol–water partition coefficient (Wildman–Crippen LogP) is 2.75. The number of carbonyl (C=O) groups is 2. The Morgan fingerprint density at radius 3 is 2.10 bits per heavy atom. The van der Waals surface area contributed by atoms with Gasteiger partial charge in [0, 0.05) is 5.92 Å². The van der Waals surface area contributed by atoms with E-state index in [0.717, 1.165) is 0 Å². The molecule has 2 atom stereocenters. The first kappa shape index (κ1) is 19.2. The van der Waals surface area contributed by atoms with Gasteiger partial charge in [-0.15, -0.1) is 6.58 Å². The van der Waals surface area contributed by atoms with Gasteiger partial charge in [0.15, 0.2) is 0 Å². The Bertz CT molecular complexity index is 422. The summed E-state index contributed by atoms with van der Waals surface area (Å²) in [6.07, 6.45) is -0.811. The van der Waals surface area contributed by atoms with Gasteiger partial charge >= 0.3 is 18.1 Å². The standard InChI is InChI=1S/C14H20F3NO3/c1-6-8-9(7-2)10(11(19)21-13(3,4)5)18-12(20)14(15,16)17/h6-10H,2H2,1,3-5H3,(H,18,20)/b8-6+. The molecule has 120 valence electrons. The van der Waals surface area contributed by atoms with Crippen molar-refractivity contribution >= 4 is 11.9 Å². The van der Waals surface area contributed by atoms with Gasteiger partial charge < -0.3 is 10.1 Å². The Kier molecular flexibility index (Phi) is 6.66. The summed E-state index contributed by atoms with van der Waals surface area (Å²) in [7, 11) is 0. The third kappa shape index (κ3) is 6.97. The number of carbonyl (C=O) groups excluding carboxylic acids is 2. The molecule has 1 N–H and O–H groups in total. The van der Waals surface area contributed by atoms with Crippen LogP contribution in [-0.4, -0.2) is 29.7 Å². The van der Waals surface area contributed by atoms with Crippen LogP contribution in [0.1, 0.15) is 27.7 Å². The lowest BCUT2D eigenvalue weighted by Crippen LogP contribution is -2.51. The van der Waals surface area contributed by atoms with Gasteiger partial charge in [0.1, 0.15) is 11.6 Å². The Hall–Kier alpha value is -1.79. The molecule has 0 aliphatic rings. The van der Waals surface area contributed by atoms with Gasteiger partial charge in [0.05, 0.1) is 0 Å². The monoisotopic (exact) mass is 307 g/mol. The lowest BCUT2D eigenvalue weighted by atomic mass is 9.98. The van der Waals surface area contributed by atoms with Gasteiger partial charge in [-0.05, 0) is 27.7 Å². The number of nitrogens with one attached hydrogen (secondary N) is 1. The van der Waals surface area contributed by atoms with Gasteiger partial charge in [0.25, 0.3) is 0 Å². The molecule has 21 heavy (non-hydrogen) atoms. The van der Waals surface area contributed by atoms with E-state index in [1.165, 1.54) is 12.2 Å². The highest BCUT2D eigenvalue weighted by atomic mass is 19.4. The van der Waals surface area contributed by atoms with Crippen LogP contribution in [0.3, 0.4) is 0 Å². The smallest absolute Gasteiger partial charge is 0.458 e. The Balaban J connectivity index is 5.32.